The summed E-state index contributed by atoms with van der Waals surface area (Å²) in [5, 5.41) is 0. The van der Waals surface area contributed by atoms with Crippen molar-refractivity contribution in [1.29, 1.82) is 0 Å². The molecule has 0 aliphatic carbocycles. The predicted molar refractivity (Wildman–Crippen MR) is 64.3 cm³/mol. The van der Waals surface area contributed by atoms with Gasteiger partial charge in [-0.2, -0.15) is 0 Å². The number of benzene rings is 1. The van der Waals surface area contributed by atoms with Crippen LogP contribution in [0.3, 0.4) is 0 Å². The smallest absolute Gasteiger partial charge is 0.150 e. The number of rotatable bonds is 4. The van der Waals surface area contributed by atoms with Gasteiger partial charge in [-0.3, -0.25) is 4.79 Å². The first-order valence-electron chi connectivity index (χ1n) is 5.31. The minimum atomic E-state index is 0.793. The molecule has 0 radical (unpaired) electrons. The number of aldehydes is 1. The number of hydrogen-bond acceptors (Lipinski definition) is 1. The monoisotopic (exact) mass is 202 g/mol. The Morgan fingerprint density at radius 1 is 1.33 bits per heavy atom. The molecule has 1 aromatic rings. The molecule has 0 saturated carbocycles. The van der Waals surface area contributed by atoms with Crippen LogP contribution in [0.1, 0.15) is 41.8 Å². The van der Waals surface area contributed by atoms with Crippen molar-refractivity contribution in [2.45, 2.75) is 33.6 Å². The first kappa shape index (κ1) is 11.7. The minimum Gasteiger partial charge on any atom is -0.298 e. The predicted octanol–water partition coefficient (Wildman–Crippen LogP) is 3.71. The standard InChI is InChI=1S/C14H18O/c1-11(2)5-4-6-13-7-8-14(10-15)12(3)9-13/h5,7-10H,4,6H2,1-3H3. The number of hydrogen-bond donors (Lipinski definition) is 0. The van der Waals surface area contributed by atoms with Crippen molar-refractivity contribution in [3.8, 4) is 0 Å². The molecule has 0 amide bonds. The Morgan fingerprint density at radius 2 is 2.07 bits per heavy atom. The van der Waals surface area contributed by atoms with Gasteiger partial charge in [0.1, 0.15) is 6.29 Å². The Kier molecular flexibility index (Phi) is 4.29. The fourth-order valence-corrected chi connectivity index (χ4v) is 1.55. The van der Waals surface area contributed by atoms with E-state index in [9.17, 15) is 4.79 Å². The van der Waals surface area contributed by atoms with Crippen LogP contribution in [0.15, 0.2) is 29.8 Å². The van der Waals surface area contributed by atoms with Crippen LogP contribution in [0, 0.1) is 6.92 Å². The molecule has 0 unspecified atom stereocenters. The fourth-order valence-electron chi connectivity index (χ4n) is 1.55. The van der Waals surface area contributed by atoms with Gasteiger partial charge in [-0.25, -0.2) is 0 Å². The summed E-state index contributed by atoms with van der Waals surface area (Å²) in [6, 6.07) is 6.04. The molecule has 0 heterocycles. The zero-order valence-corrected chi connectivity index (χ0v) is 9.71. The third-order valence-electron chi connectivity index (χ3n) is 2.45. The van der Waals surface area contributed by atoms with E-state index >= 15 is 0 Å². The highest BCUT2D eigenvalue weighted by Gasteiger charge is 1.98. The zero-order chi connectivity index (χ0) is 11.3. The van der Waals surface area contributed by atoms with Gasteiger partial charge >= 0.3 is 0 Å². The molecule has 0 fully saturated rings. The summed E-state index contributed by atoms with van der Waals surface area (Å²) >= 11 is 0. The van der Waals surface area contributed by atoms with Gasteiger partial charge in [0.2, 0.25) is 0 Å². The van der Waals surface area contributed by atoms with Crippen molar-refractivity contribution >= 4 is 6.29 Å². The van der Waals surface area contributed by atoms with Crippen molar-refractivity contribution in [2.24, 2.45) is 0 Å². The lowest BCUT2D eigenvalue weighted by atomic mass is 10.0. The molecule has 0 aromatic heterocycles. The average molecular weight is 202 g/mol. The number of aryl methyl sites for hydroxylation is 2. The Morgan fingerprint density at radius 3 is 2.60 bits per heavy atom. The van der Waals surface area contributed by atoms with Crippen molar-refractivity contribution in [1.82, 2.24) is 0 Å². The Labute approximate surface area is 91.8 Å². The van der Waals surface area contributed by atoms with E-state index in [0.717, 1.165) is 30.3 Å². The third-order valence-corrected chi connectivity index (χ3v) is 2.45. The average Bonchev–Trinajstić information content (AvgIpc) is 2.17. The molecule has 0 aliphatic rings. The molecule has 15 heavy (non-hydrogen) atoms. The Bertz CT molecular complexity index is 371. The van der Waals surface area contributed by atoms with Crippen molar-refractivity contribution < 1.29 is 4.79 Å². The van der Waals surface area contributed by atoms with E-state index in [1.54, 1.807) is 0 Å². The first-order valence-corrected chi connectivity index (χ1v) is 5.31. The van der Waals surface area contributed by atoms with Gasteiger partial charge in [-0.05, 0) is 44.7 Å². The summed E-state index contributed by atoms with van der Waals surface area (Å²) in [4.78, 5) is 10.6. The summed E-state index contributed by atoms with van der Waals surface area (Å²) in [6.07, 6.45) is 5.27. The lowest BCUT2D eigenvalue weighted by molar-refractivity contribution is 0.112. The second-order valence-corrected chi connectivity index (χ2v) is 4.13. The first-order chi connectivity index (χ1) is 7.13. The van der Waals surface area contributed by atoms with Crippen LogP contribution >= 0.6 is 0 Å². The molecule has 0 bridgehead atoms. The Hall–Kier alpha value is -1.37. The summed E-state index contributed by atoms with van der Waals surface area (Å²) in [7, 11) is 0. The van der Waals surface area contributed by atoms with Gasteiger partial charge in [-0.1, -0.05) is 29.8 Å². The molecule has 1 rings (SSSR count). The van der Waals surface area contributed by atoms with Gasteiger partial charge in [0.05, 0.1) is 0 Å². The van der Waals surface area contributed by atoms with Crippen molar-refractivity contribution in [2.75, 3.05) is 0 Å². The number of allylic oxidation sites excluding steroid dienone is 2. The molecular weight excluding hydrogens is 184 g/mol. The highest BCUT2D eigenvalue weighted by molar-refractivity contribution is 5.77. The molecule has 1 heteroatoms. The third kappa shape index (κ3) is 3.70. The van der Waals surface area contributed by atoms with Gasteiger partial charge < -0.3 is 0 Å². The van der Waals surface area contributed by atoms with Gasteiger partial charge in [0.15, 0.2) is 0 Å². The highest BCUT2D eigenvalue weighted by atomic mass is 16.1. The number of carbonyl (C=O) groups is 1. The summed E-state index contributed by atoms with van der Waals surface area (Å²) in [5.74, 6) is 0. The molecule has 80 valence electrons. The van der Waals surface area contributed by atoms with E-state index in [0.29, 0.717) is 0 Å². The second-order valence-electron chi connectivity index (χ2n) is 4.13. The molecular formula is C14H18O. The summed E-state index contributed by atoms with van der Waals surface area (Å²) < 4.78 is 0. The highest BCUT2D eigenvalue weighted by Crippen LogP contribution is 2.11. The van der Waals surface area contributed by atoms with E-state index in [2.05, 4.69) is 26.0 Å². The lowest BCUT2D eigenvalue weighted by Gasteiger charge is -2.03. The molecule has 1 aromatic carbocycles. The Balaban J connectivity index is 2.67. The van der Waals surface area contributed by atoms with Crippen LogP contribution < -0.4 is 0 Å². The number of carbonyl (C=O) groups excluding carboxylic acids is 1. The molecule has 0 saturated heterocycles. The maximum Gasteiger partial charge on any atom is 0.150 e. The van der Waals surface area contributed by atoms with E-state index < -0.39 is 0 Å². The van der Waals surface area contributed by atoms with Crippen LogP contribution in [-0.4, -0.2) is 6.29 Å². The fraction of sp³-hybridized carbons (Fsp3) is 0.357. The quantitative estimate of drug-likeness (QED) is 0.537. The molecule has 0 spiro atoms. The molecule has 1 nitrogen and oxygen atoms in total. The summed E-state index contributed by atoms with van der Waals surface area (Å²) in [5.41, 5.74) is 4.52. The van der Waals surface area contributed by atoms with E-state index in [1.807, 2.05) is 19.1 Å². The molecule has 0 aliphatic heterocycles. The van der Waals surface area contributed by atoms with Crippen LogP contribution in [0.2, 0.25) is 0 Å². The maximum absolute atomic E-state index is 10.6. The second kappa shape index (κ2) is 5.50. The largest absolute Gasteiger partial charge is 0.298 e. The van der Waals surface area contributed by atoms with E-state index in [4.69, 9.17) is 0 Å². The van der Waals surface area contributed by atoms with Crippen LogP contribution in [0.5, 0.6) is 0 Å². The molecule has 0 N–H and O–H groups in total. The van der Waals surface area contributed by atoms with Gasteiger partial charge in [-0.15, -0.1) is 0 Å². The van der Waals surface area contributed by atoms with Crippen molar-refractivity contribution in [3.05, 3.63) is 46.5 Å². The maximum atomic E-state index is 10.6. The van der Waals surface area contributed by atoms with Crippen LogP contribution in [-0.2, 0) is 6.42 Å². The normalized spacial score (nSPS) is 9.80. The zero-order valence-electron chi connectivity index (χ0n) is 9.71. The topological polar surface area (TPSA) is 17.1 Å². The van der Waals surface area contributed by atoms with Gasteiger partial charge in [0.25, 0.3) is 0 Å². The summed E-state index contributed by atoms with van der Waals surface area (Å²) in [6.45, 7) is 6.20. The van der Waals surface area contributed by atoms with Gasteiger partial charge in [0, 0.05) is 5.56 Å². The van der Waals surface area contributed by atoms with Crippen molar-refractivity contribution in [3.63, 3.8) is 0 Å². The van der Waals surface area contributed by atoms with Crippen LogP contribution in [0.4, 0.5) is 0 Å². The lowest BCUT2D eigenvalue weighted by Crippen LogP contribution is -1.90. The SMILES string of the molecule is CC(C)=CCCc1ccc(C=O)c(C)c1. The minimum absolute atomic E-state index is 0.793. The van der Waals surface area contributed by atoms with E-state index in [-0.39, 0.29) is 0 Å². The van der Waals surface area contributed by atoms with Crippen LogP contribution in [0.25, 0.3) is 0 Å². The molecule has 0 atom stereocenters. The van der Waals surface area contributed by atoms with E-state index in [1.165, 1.54) is 11.1 Å².